The highest BCUT2D eigenvalue weighted by Gasteiger charge is 2.25. The van der Waals surface area contributed by atoms with Gasteiger partial charge in [-0.1, -0.05) is 70.7 Å². The molecule has 2 unspecified atom stereocenters. The summed E-state index contributed by atoms with van der Waals surface area (Å²) in [4.78, 5) is 91.5. The molecule has 2 aliphatic heterocycles. The van der Waals surface area contributed by atoms with Gasteiger partial charge in [0.2, 0.25) is 0 Å². The number of aliphatic hydroxyl groups is 3. The zero-order valence-corrected chi connectivity index (χ0v) is 66.3. The van der Waals surface area contributed by atoms with Crippen LogP contribution in [0, 0.1) is 0 Å². The fourth-order valence-electron chi connectivity index (χ4n) is 12.0. The van der Waals surface area contributed by atoms with Crippen LogP contribution in [0.15, 0.2) is 244 Å². The molecule has 29 heteroatoms. The summed E-state index contributed by atoms with van der Waals surface area (Å²) in [5, 5.41) is 47.3. The number of nitrogens with zero attached hydrogens (tertiary/aromatic N) is 11. The number of halogens is 4. The van der Waals surface area contributed by atoms with E-state index in [-0.39, 0.29) is 42.4 Å². The van der Waals surface area contributed by atoms with Crippen molar-refractivity contribution in [3.05, 3.63) is 286 Å². The van der Waals surface area contributed by atoms with Gasteiger partial charge in [-0.3, -0.25) is 44.0 Å². The molecule has 115 heavy (non-hydrogen) atoms. The smallest absolute Gasteiger partial charge is 0.257 e. The van der Waals surface area contributed by atoms with Gasteiger partial charge in [-0.05, 0) is 198 Å². The SMILES string of the molecule is CC1CN(c2ccc(C(=O)Nc3ccc(Cl)c(-c4ccccn4)c3)cn2)CC(C)O1.C[C@@H](O)CNc1ccc(C(=O)Nc2ccc(Cl)c(-c3ccccn3)c2)cn1.C[C@H](O)CNc1ccc(C(=O)Nc2ccc(Cl)c(-c3ccccn3)c2)cn1.O=C(Nc1ccc(Cl)c(-c2ccccn2)c1)c1ccc(N2CCN(CCO)CC2)nc1. The van der Waals surface area contributed by atoms with E-state index in [0.29, 0.717) is 96.4 Å². The van der Waals surface area contributed by atoms with E-state index >= 15 is 0 Å². The average Bonchev–Trinajstić information content (AvgIpc) is 0.847. The number of rotatable bonds is 22. The van der Waals surface area contributed by atoms with Gasteiger partial charge < -0.3 is 61.8 Å². The zero-order valence-electron chi connectivity index (χ0n) is 63.3. The van der Waals surface area contributed by atoms with Crippen molar-refractivity contribution in [1.82, 2.24) is 44.8 Å². The minimum Gasteiger partial charge on any atom is -0.395 e. The summed E-state index contributed by atoms with van der Waals surface area (Å²) >= 11 is 25.2. The van der Waals surface area contributed by atoms with Gasteiger partial charge in [0.1, 0.15) is 23.3 Å². The normalized spacial score (nSPS) is 14.3. The van der Waals surface area contributed by atoms with Crippen molar-refractivity contribution < 1.29 is 39.2 Å². The Kier molecular flexibility index (Phi) is 30.5. The molecule has 9 N–H and O–H groups in total. The summed E-state index contributed by atoms with van der Waals surface area (Å²) in [6.07, 6.45) is 12.3. The Morgan fingerprint density at radius 1 is 0.409 bits per heavy atom. The second kappa shape index (κ2) is 41.8. The highest BCUT2D eigenvalue weighted by atomic mass is 35.5. The van der Waals surface area contributed by atoms with E-state index in [1.165, 1.54) is 12.4 Å². The molecule has 2 fully saturated rings. The van der Waals surface area contributed by atoms with Gasteiger partial charge >= 0.3 is 0 Å². The lowest BCUT2D eigenvalue weighted by atomic mass is 10.1. The molecule has 0 bridgehead atoms. The molecule has 2 aliphatic rings. The van der Waals surface area contributed by atoms with Gasteiger partial charge in [0.05, 0.1) is 96.1 Å². The van der Waals surface area contributed by atoms with Crippen LogP contribution in [0.1, 0.15) is 69.1 Å². The Morgan fingerprint density at radius 3 is 0.991 bits per heavy atom. The molecule has 0 aliphatic carbocycles. The number of ether oxygens (including phenoxy) is 1. The van der Waals surface area contributed by atoms with Crippen molar-refractivity contribution in [2.75, 3.05) is 107 Å². The number of hydrogen-bond donors (Lipinski definition) is 9. The van der Waals surface area contributed by atoms with Gasteiger partial charge in [-0.2, -0.15) is 0 Å². The molecule has 10 heterocycles. The summed E-state index contributed by atoms with van der Waals surface area (Å²) in [6, 6.07) is 57.6. The largest absolute Gasteiger partial charge is 0.395 e. The summed E-state index contributed by atoms with van der Waals surface area (Å²) in [5.41, 5.74) is 10.3. The Morgan fingerprint density at radius 2 is 0.722 bits per heavy atom. The number of carbonyl (C=O) groups is 4. The summed E-state index contributed by atoms with van der Waals surface area (Å²) in [5.74, 6) is 1.86. The standard InChI is InChI=1S/C23H24ClN5O2.C23H23ClN4O2.2C20H19ClN4O2/c24-20-6-5-18(15-19(20)21-3-1-2-8-25-21)27-23(31)17-4-7-22(26-16-17)29-11-9-28(10-12-29)13-14-30;1-15-13-28(14-16(2)30-15)22-9-6-17(12-26-22)23(29)27-18-7-8-20(24)19(11-18)21-5-3-4-10-25-21;2*1-13(26)11-23-19-8-5-14(12-24-19)20(27)25-15-6-7-17(21)16(10-15)18-4-2-3-9-22-18/h1-8,15-16,30H,9-14H2,(H,27,31);3-12,15-16H,13-14H2,1-2H3,(H,27,29);2*2-10,12-13,26H,11H2,1H3,(H,23,24)(H,25,27)/t;;2*13-/m..10/s1. The Labute approximate surface area is 686 Å². The molecule has 4 atom stereocenters. The van der Waals surface area contributed by atoms with E-state index < -0.39 is 12.2 Å². The Hall–Kier alpha value is -11.9. The maximum atomic E-state index is 12.7. The highest BCUT2D eigenvalue weighted by Crippen LogP contribution is 2.34. The number of benzene rings is 4. The van der Waals surface area contributed by atoms with E-state index in [2.05, 4.69) is 100 Å². The maximum absolute atomic E-state index is 12.7. The number of pyridine rings is 8. The van der Waals surface area contributed by atoms with Crippen molar-refractivity contribution in [2.24, 2.45) is 0 Å². The number of piperazine rings is 1. The van der Waals surface area contributed by atoms with Crippen LogP contribution >= 0.6 is 46.4 Å². The van der Waals surface area contributed by atoms with Crippen LogP contribution in [0.3, 0.4) is 0 Å². The molecule has 8 aromatic heterocycles. The number of hydrogen-bond acceptors (Lipinski definition) is 21. The third kappa shape index (κ3) is 24.8. The lowest BCUT2D eigenvalue weighted by Gasteiger charge is -2.36. The van der Waals surface area contributed by atoms with Crippen molar-refractivity contribution in [1.29, 1.82) is 0 Å². The molecular weight excluding hydrogens is 1540 g/mol. The molecule has 2 saturated heterocycles. The van der Waals surface area contributed by atoms with Gasteiger partial charge in [-0.25, -0.2) is 19.9 Å². The number of carbonyl (C=O) groups excluding carboxylic acids is 4. The monoisotopic (exact) mass is 1620 g/mol. The summed E-state index contributed by atoms with van der Waals surface area (Å²) < 4.78 is 5.77. The minimum absolute atomic E-state index is 0.150. The Balaban J connectivity index is 0.000000151. The number of aliphatic hydroxyl groups excluding tert-OH is 3. The molecule has 0 saturated carbocycles. The number of amides is 4. The predicted molar refractivity (Wildman–Crippen MR) is 456 cm³/mol. The van der Waals surface area contributed by atoms with Crippen LogP contribution in [-0.4, -0.2) is 174 Å². The molecule has 0 radical (unpaired) electrons. The van der Waals surface area contributed by atoms with E-state index in [0.717, 1.165) is 95.9 Å². The lowest BCUT2D eigenvalue weighted by Crippen LogP contribution is -2.47. The molecule has 4 aromatic carbocycles. The fraction of sp³-hybridized carbons (Fsp3) is 0.209. The molecular formula is C86H85Cl4N17O8. The third-order valence-electron chi connectivity index (χ3n) is 17.7. The van der Waals surface area contributed by atoms with Crippen LogP contribution in [0.2, 0.25) is 20.1 Å². The number of nitrogens with one attached hydrogen (secondary N) is 6. The maximum Gasteiger partial charge on any atom is 0.257 e. The second-order valence-electron chi connectivity index (χ2n) is 26.8. The molecule has 25 nitrogen and oxygen atoms in total. The molecule has 4 amide bonds. The fourth-order valence-corrected chi connectivity index (χ4v) is 12.8. The summed E-state index contributed by atoms with van der Waals surface area (Å²) in [6.45, 7) is 14.2. The molecule has 12 aromatic rings. The van der Waals surface area contributed by atoms with Crippen LogP contribution in [0.4, 0.5) is 46.0 Å². The first-order chi connectivity index (χ1) is 55.7. The topological polar surface area (TPSA) is 323 Å². The molecule has 0 spiro atoms. The summed E-state index contributed by atoms with van der Waals surface area (Å²) in [7, 11) is 0. The zero-order chi connectivity index (χ0) is 81.2. The van der Waals surface area contributed by atoms with Crippen LogP contribution < -0.4 is 41.7 Å². The van der Waals surface area contributed by atoms with Crippen molar-refractivity contribution >= 4 is 116 Å². The highest BCUT2D eigenvalue weighted by molar-refractivity contribution is 6.34. The van der Waals surface area contributed by atoms with Crippen LogP contribution in [-0.2, 0) is 4.74 Å². The molecule has 14 rings (SSSR count). The van der Waals surface area contributed by atoms with Crippen LogP contribution in [0.25, 0.3) is 45.0 Å². The first-order valence-electron chi connectivity index (χ1n) is 36.9. The van der Waals surface area contributed by atoms with Crippen molar-refractivity contribution in [3.63, 3.8) is 0 Å². The first kappa shape index (κ1) is 84.0. The van der Waals surface area contributed by atoms with Crippen molar-refractivity contribution in [2.45, 2.75) is 52.1 Å². The van der Waals surface area contributed by atoms with Gasteiger partial charge in [0, 0.05) is 153 Å². The van der Waals surface area contributed by atoms with Gasteiger partial charge in [0.25, 0.3) is 23.6 Å². The van der Waals surface area contributed by atoms with Crippen molar-refractivity contribution in [3.8, 4) is 45.0 Å². The lowest BCUT2D eigenvalue weighted by molar-refractivity contribution is -0.00547. The van der Waals surface area contributed by atoms with E-state index in [9.17, 15) is 29.4 Å². The van der Waals surface area contributed by atoms with E-state index in [1.54, 1.807) is 148 Å². The number of β-amino-alcohol motifs (C(OH)–C–C–N with tert-alkyl or cyclic N) is 1. The predicted octanol–water partition coefficient (Wildman–Crippen LogP) is 15.5. The second-order valence-corrected chi connectivity index (χ2v) is 28.4. The van der Waals surface area contributed by atoms with Gasteiger partial charge in [-0.15, -0.1) is 0 Å². The number of anilines is 8. The van der Waals surface area contributed by atoms with E-state index in [1.807, 2.05) is 97.1 Å². The molecule has 590 valence electrons. The quantitative estimate of drug-likeness (QED) is 0.0304. The Bertz CT molecular complexity index is 5010. The third-order valence-corrected chi connectivity index (χ3v) is 19.1. The van der Waals surface area contributed by atoms with Crippen LogP contribution in [0.5, 0.6) is 0 Å². The van der Waals surface area contributed by atoms with Gasteiger partial charge in [0.15, 0.2) is 0 Å². The number of aromatic nitrogens is 8. The van der Waals surface area contributed by atoms with E-state index in [4.69, 9.17) is 56.2 Å². The first-order valence-corrected chi connectivity index (χ1v) is 38.5. The minimum atomic E-state index is -0.479. The average molecular weight is 1630 g/mol. The number of morpholine rings is 1.